The lowest BCUT2D eigenvalue weighted by Gasteiger charge is -2.06. The second kappa shape index (κ2) is 4.74. The Balaban J connectivity index is 2.27. The topological polar surface area (TPSA) is 80.9 Å². The van der Waals surface area contributed by atoms with Crippen molar-refractivity contribution in [2.24, 2.45) is 0 Å². The molecule has 0 spiro atoms. The number of benzene rings is 1. The standard InChI is InChI=1S/C11H8F2N4O/c12-7-4-6(9(14)5-8(7)13)10(18)17-11-15-2-1-3-16-11/h1-5H,14H2,(H,15,16,17,18). The summed E-state index contributed by atoms with van der Waals surface area (Å²) in [5.74, 6) is -2.92. The second-order valence-corrected chi connectivity index (χ2v) is 3.38. The van der Waals surface area contributed by atoms with Gasteiger partial charge in [-0.3, -0.25) is 10.1 Å². The number of nitrogens with one attached hydrogen (secondary N) is 1. The Bertz CT molecular complexity index is 589. The van der Waals surface area contributed by atoms with E-state index in [0.717, 1.165) is 12.1 Å². The van der Waals surface area contributed by atoms with Crippen molar-refractivity contribution in [3.05, 3.63) is 47.8 Å². The highest BCUT2D eigenvalue weighted by Gasteiger charge is 2.15. The number of hydrogen-bond acceptors (Lipinski definition) is 4. The van der Waals surface area contributed by atoms with Crippen LogP contribution in [-0.2, 0) is 0 Å². The lowest BCUT2D eigenvalue weighted by Crippen LogP contribution is -2.16. The third kappa shape index (κ3) is 2.40. The highest BCUT2D eigenvalue weighted by molar-refractivity contribution is 6.06. The van der Waals surface area contributed by atoms with Gasteiger partial charge in [-0.15, -0.1) is 0 Å². The molecule has 0 aliphatic heterocycles. The van der Waals surface area contributed by atoms with Gasteiger partial charge < -0.3 is 5.73 Å². The molecule has 1 aromatic carbocycles. The average Bonchev–Trinajstić information content (AvgIpc) is 2.35. The molecule has 0 atom stereocenters. The Morgan fingerprint density at radius 1 is 1.17 bits per heavy atom. The molecule has 1 heterocycles. The number of nitrogen functional groups attached to an aromatic ring is 1. The number of nitrogens with two attached hydrogens (primary N) is 1. The molecule has 0 bridgehead atoms. The van der Waals surface area contributed by atoms with Crippen LogP contribution >= 0.6 is 0 Å². The minimum absolute atomic E-state index is 0.0478. The lowest BCUT2D eigenvalue weighted by atomic mass is 10.1. The van der Waals surface area contributed by atoms with Crippen LogP contribution in [-0.4, -0.2) is 15.9 Å². The van der Waals surface area contributed by atoms with Gasteiger partial charge in [-0.05, 0) is 12.1 Å². The molecule has 0 saturated carbocycles. The van der Waals surface area contributed by atoms with E-state index >= 15 is 0 Å². The maximum atomic E-state index is 13.0. The van der Waals surface area contributed by atoms with Crippen molar-refractivity contribution in [3.8, 4) is 0 Å². The Labute approximate surface area is 101 Å². The fraction of sp³-hybridized carbons (Fsp3) is 0. The van der Waals surface area contributed by atoms with E-state index < -0.39 is 17.5 Å². The number of carbonyl (C=O) groups is 1. The molecule has 2 aromatic rings. The molecule has 3 N–H and O–H groups in total. The minimum Gasteiger partial charge on any atom is -0.398 e. The third-order valence-corrected chi connectivity index (χ3v) is 2.13. The molecule has 0 fully saturated rings. The molecular formula is C11H8F2N4O. The molecule has 0 radical (unpaired) electrons. The Kier molecular flexibility index (Phi) is 3.13. The summed E-state index contributed by atoms with van der Waals surface area (Å²) >= 11 is 0. The first-order valence-corrected chi connectivity index (χ1v) is 4.91. The van der Waals surface area contributed by atoms with E-state index in [1.807, 2.05) is 0 Å². The lowest BCUT2D eigenvalue weighted by molar-refractivity contribution is 0.102. The van der Waals surface area contributed by atoms with Gasteiger partial charge in [0, 0.05) is 24.1 Å². The Morgan fingerprint density at radius 3 is 2.44 bits per heavy atom. The van der Waals surface area contributed by atoms with Crippen LogP contribution in [0.25, 0.3) is 0 Å². The first-order chi connectivity index (χ1) is 8.58. The van der Waals surface area contributed by atoms with E-state index in [2.05, 4.69) is 15.3 Å². The molecule has 0 aliphatic carbocycles. The normalized spacial score (nSPS) is 10.1. The molecule has 0 aliphatic rings. The van der Waals surface area contributed by atoms with Crippen molar-refractivity contribution < 1.29 is 13.6 Å². The second-order valence-electron chi connectivity index (χ2n) is 3.38. The highest BCUT2D eigenvalue weighted by atomic mass is 19.2. The van der Waals surface area contributed by atoms with Gasteiger partial charge in [0.1, 0.15) is 0 Å². The van der Waals surface area contributed by atoms with E-state index in [0.29, 0.717) is 0 Å². The molecule has 7 heteroatoms. The van der Waals surface area contributed by atoms with Crippen molar-refractivity contribution in [3.63, 3.8) is 0 Å². The van der Waals surface area contributed by atoms with Gasteiger partial charge >= 0.3 is 0 Å². The SMILES string of the molecule is Nc1cc(F)c(F)cc1C(=O)Nc1ncccn1. The molecule has 2 rings (SSSR count). The summed E-state index contributed by atoms with van der Waals surface area (Å²) in [5, 5.41) is 2.32. The van der Waals surface area contributed by atoms with E-state index in [-0.39, 0.29) is 17.2 Å². The average molecular weight is 250 g/mol. The number of halogens is 2. The largest absolute Gasteiger partial charge is 0.398 e. The van der Waals surface area contributed by atoms with Crippen molar-refractivity contribution >= 4 is 17.5 Å². The van der Waals surface area contributed by atoms with Gasteiger partial charge in [0.2, 0.25) is 5.95 Å². The van der Waals surface area contributed by atoms with Crippen LogP contribution < -0.4 is 11.1 Å². The predicted octanol–water partition coefficient (Wildman–Crippen LogP) is 1.59. The molecule has 5 nitrogen and oxygen atoms in total. The van der Waals surface area contributed by atoms with Crippen LogP contribution in [0.15, 0.2) is 30.6 Å². The zero-order valence-electron chi connectivity index (χ0n) is 9.02. The van der Waals surface area contributed by atoms with Crippen LogP contribution in [0.3, 0.4) is 0 Å². The number of amides is 1. The molecule has 92 valence electrons. The summed E-state index contributed by atoms with van der Waals surface area (Å²) in [6.45, 7) is 0. The maximum absolute atomic E-state index is 13.0. The highest BCUT2D eigenvalue weighted by Crippen LogP contribution is 2.17. The quantitative estimate of drug-likeness (QED) is 0.793. The van der Waals surface area contributed by atoms with Gasteiger partial charge in [-0.1, -0.05) is 0 Å². The van der Waals surface area contributed by atoms with E-state index in [9.17, 15) is 13.6 Å². The monoisotopic (exact) mass is 250 g/mol. The van der Waals surface area contributed by atoms with Crippen molar-refractivity contribution in [2.75, 3.05) is 11.1 Å². The maximum Gasteiger partial charge on any atom is 0.260 e. The van der Waals surface area contributed by atoms with Crippen LogP contribution in [0.1, 0.15) is 10.4 Å². The van der Waals surface area contributed by atoms with Crippen LogP contribution in [0, 0.1) is 11.6 Å². The molecule has 0 unspecified atom stereocenters. The number of carbonyl (C=O) groups excluding carboxylic acids is 1. The molecule has 1 amide bonds. The molecule has 1 aromatic heterocycles. The van der Waals surface area contributed by atoms with Gasteiger partial charge in [-0.25, -0.2) is 18.7 Å². The molecular weight excluding hydrogens is 242 g/mol. The Morgan fingerprint density at radius 2 is 1.78 bits per heavy atom. The van der Waals surface area contributed by atoms with Crippen molar-refractivity contribution in [2.45, 2.75) is 0 Å². The molecule has 0 saturated heterocycles. The van der Waals surface area contributed by atoms with Gasteiger partial charge in [0.25, 0.3) is 5.91 Å². The van der Waals surface area contributed by atoms with Gasteiger partial charge in [0.05, 0.1) is 5.56 Å². The summed E-state index contributed by atoms with van der Waals surface area (Å²) < 4.78 is 25.9. The zero-order valence-corrected chi connectivity index (χ0v) is 9.02. The number of rotatable bonds is 2. The summed E-state index contributed by atoms with van der Waals surface area (Å²) in [6, 6.07) is 3.04. The van der Waals surface area contributed by atoms with E-state index in [4.69, 9.17) is 5.73 Å². The number of aromatic nitrogens is 2. The van der Waals surface area contributed by atoms with E-state index in [1.54, 1.807) is 6.07 Å². The fourth-order valence-corrected chi connectivity index (χ4v) is 1.29. The smallest absolute Gasteiger partial charge is 0.260 e. The summed E-state index contributed by atoms with van der Waals surface area (Å²) in [6.07, 6.45) is 2.86. The summed E-state index contributed by atoms with van der Waals surface area (Å²) in [5.41, 5.74) is 5.09. The number of nitrogens with zero attached hydrogens (tertiary/aromatic N) is 2. The van der Waals surface area contributed by atoms with Crippen molar-refractivity contribution in [1.29, 1.82) is 0 Å². The molecule has 18 heavy (non-hydrogen) atoms. The predicted molar refractivity (Wildman–Crippen MR) is 60.8 cm³/mol. The van der Waals surface area contributed by atoms with Gasteiger partial charge in [0.15, 0.2) is 11.6 Å². The fourth-order valence-electron chi connectivity index (χ4n) is 1.29. The van der Waals surface area contributed by atoms with Crippen LogP contribution in [0.2, 0.25) is 0 Å². The van der Waals surface area contributed by atoms with Gasteiger partial charge in [-0.2, -0.15) is 0 Å². The van der Waals surface area contributed by atoms with E-state index in [1.165, 1.54) is 12.4 Å². The summed E-state index contributed by atoms with van der Waals surface area (Å²) in [7, 11) is 0. The third-order valence-electron chi connectivity index (χ3n) is 2.13. The van der Waals surface area contributed by atoms with Crippen LogP contribution in [0.4, 0.5) is 20.4 Å². The minimum atomic E-state index is -1.15. The number of hydrogen-bond donors (Lipinski definition) is 2. The number of anilines is 2. The Hall–Kier alpha value is -2.57. The first-order valence-electron chi connectivity index (χ1n) is 4.91. The zero-order chi connectivity index (χ0) is 13.1. The first kappa shape index (κ1) is 11.9. The van der Waals surface area contributed by atoms with Crippen molar-refractivity contribution in [1.82, 2.24) is 9.97 Å². The van der Waals surface area contributed by atoms with Crippen LogP contribution in [0.5, 0.6) is 0 Å². The summed E-state index contributed by atoms with van der Waals surface area (Å²) in [4.78, 5) is 19.3.